The molecule has 88 valence electrons. The third-order valence-corrected chi connectivity index (χ3v) is 2.74. The monoisotopic (exact) mass is 227 g/mol. The minimum atomic E-state index is 0.549. The molecule has 0 aliphatic heterocycles. The zero-order valence-corrected chi connectivity index (χ0v) is 10.2. The molecular weight excluding hydrogens is 210 g/mol. The van der Waals surface area contributed by atoms with Gasteiger partial charge in [-0.15, -0.1) is 0 Å². The number of rotatable bonds is 3. The smallest absolute Gasteiger partial charge is 0.125 e. The number of hydrogen-bond donors (Lipinski definition) is 1. The Labute approximate surface area is 102 Å². The maximum atomic E-state index is 5.72. The highest BCUT2D eigenvalue weighted by Crippen LogP contribution is 2.25. The molecule has 1 heterocycles. The summed E-state index contributed by atoms with van der Waals surface area (Å²) in [4.78, 5) is 6.22. The van der Waals surface area contributed by atoms with Gasteiger partial charge < -0.3 is 10.6 Å². The minimum absolute atomic E-state index is 0.549. The van der Waals surface area contributed by atoms with E-state index in [0.717, 1.165) is 12.2 Å². The van der Waals surface area contributed by atoms with Gasteiger partial charge in [-0.1, -0.05) is 17.7 Å². The number of hydrogen-bond acceptors (Lipinski definition) is 3. The highest BCUT2D eigenvalue weighted by Gasteiger charge is 2.07. The van der Waals surface area contributed by atoms with Crippen molar-refractivity contribution < 1.29 is 0 Å². The fraction of sp³-hybridized carbons (Fsp3) is 0.214. The summed E-state index contributed by atoms with van der Waals surface area (Å²) in [5.74, 6) is 0.549. The average Bonchev–Trinajstić information content (AvgIpc) is 2.33. The molecule has 0 spiro atoms. The summed E-state index contributed by atoms with van der Waals surface area (Å²) in [6.07, 6.45) is 1.74. The fourth-order valence-electron chi connectivity index (χ4n) is 1.84. The summed E-state index contributed by atoms with van der Waals surface area (Å²) in [6, 6.07) is 12.3. The third-order valence-electron chi connectivity index (χ3n) is 2.74. The molecule has 17 heavy (non-hydrogen) atoms. The van der Waals surface area contributed by atoms with Crippen molar-refractivity contribution in [3.63, 3.8) is 0 Å². The van der Waals surface area contributed by atoms with E-state index in [9.17, 15) is 0 Å². The lowest BCUT2D eigenvalue weighted by Crippen LogP contribution is -2.16. The van der Waals surface area contributed by atoms with E-state index in [1.807, 2.05) is 12.1 Å². The lowest BCUT2D eigenvalue weighted by atomic mass is 10.2. The summed E-state index contributed by atoms with van der Waals surface area (Å²) in [5.41, 5.74) is 9.22. The molecule has 3 nitrogen and oxygen atoms in total. The van der Waals surface area contributed by atoms with Gasteiger partial charge in [0.2, 0.25) is 0 Å². The van der Waals surface area contributed by atoms with E-state index in [0.29, 0.717) is 5.82 Å². The minimum Gasteiger partial charge on any atom is -0.384 e. The second kappa shape index (κ2) is 4.87. The fourth-order valence-corrected chi connectivity index (χ4v) is 1.84. The molecule has 0 fully saturated rings. The standard InChI is InChI=1S/C14H17N3/c1-3-17(12-6-4-11(2)5-7-12)13-8-9-16-14(15)10-13/h4-10H,3H2,1-2H3,(H2,15,16). The van der Waals surface area contributed by atoms with Crippen molar-refractivity contribution in [2.45, 2.75) is 13.8 Å². The normalized spacial score (nSPS) is 10.2. The predicted molar refractivity (Wildman–Crippen MR) is 72.5 cm³/mol. The summed E-state index contributed by atoms with van der Waals surface area (Å²) >= 11 is 0. The van der Waals surface area contributed by atoms with Crippen LogP contribution in [0.1, 0.15) is 12.5 Å². The van der Waals surface area contributed by atoms with E-state index in [1.54, 1.807) is 6.20 Å². The summed E-state index contributed by atoms with van der Waals surface area (Å²) in [7, 11) is 0. The van der Waals surface area contributed by atoms with Crippen LogP contribution in [0, 0.1) is 6.92 Å². The SMILES string of the molecule is CCN(c1ccc(C)cc1)c1ccnc(N)c1. The number of pyridine rings is 1. The molecule has 2 rings (SSSR count). The van der Waals surface area contributed by atoms with Crippen LogP contribution in [-0.4, -0.2) is 11.5 Å². The maximum absolute atomic E-state index is 5.72. The Morgan fingerprint density at radius 1 is 1.12 bits per heavy atom. The highest BCUT2D eigenvalue weighted by molar-refractivity contribution is 5.65. The second-order valence-corrected chi connectivity index (χ2v) is 4.02. The van der Waals surface area contributed by atoms with Crippen molar-refractivity contribution in [1.29, 1.82) is 0 Å². The number of benzene rings is 1. The van der Waals surface area contributed by atoms with Crippen LogP contribution in [0.4, 0.5) is 17.2 Å². The maximum Gasteiger partial charge on any atom is 0.125 e. The number of nitrogens with zero attached hydrogens (tertiary/aromatic N) is 2. The van der Waals surface area contributed by atoms with Gasteiger partial charge in [0.05, 0.1) is 0 Å². The first-order valence-corrected chi connectivity index (χ1v) is 5.76. The van der Waals surface area contributed by atoms with Gasteiger partial charge >= 0.3 is 0 Å². The van der Waals surface area contributed by atoms with Crippen LogP contribution in [-0.2, 0) is 0 Å². The lowest BCUT2D eigenvalue weighted by molar-refractivity contribution is 1.02. The molecule has 0 aliphatic carbocycles. The number of aryl methyl sites for hydroxylation is 1. The Morgan fingerprint density at radius 3 is 2.41 bits per heavy atom. The Kier molecular flexibility index (Phi) is 3.28. The van der Waals surface area contributed by atoms with Gasteiger partial charge in [-0.2, -0.15) is 0 Å². The third kappa shape index (κ3) is 2.56. The summed E-state index contributed by atoms with van der Waals surface area (Å²) in [6.45, 7) is 5.10. The van der Waals surface area contributed by atoms with Gasteiger partial charge in [0, 0.05) is 30.2 Å². The van der Waals surface area contributed by atoms with E-state index in [4.69, 9.17) is 5.73 Å². The van der Waals surface area contributed by atoms with Crippen LogP contribution in [0.3, 0.4) is 0 Å². The van der Waals surface area contributed by atoms with Crippen molar-refractivity contribution in [2.75, 3.05) is 17.2 Å². The van der Waals surface area contributed by atoms with Crippen LogP contribution < -0.4 is 10.6 Å². The topological polar surface area (TPSA) is 42.2 Å². The molecule has 2 aromatic rings. The number of nitrogen functional groups attached to an aromatic ring is 1. The molecule has 2 N–H and O–H groups in total. The van der Waals surface area contributed by atoms with Crippen LogP contribution in [0.25, 0.3) is 0 Å². The van der Waals surface area contributed by atoms with Crippen molar-refractivity contribution >= 4 is 17.2 Å². The average molecular weight is 227 g/mol. The molecule has 1 aromatic heterocycles. The van der Waals surface area contributed by atoms with Crippen molar-refractivity contribution in [1.82, 2.24) is 4.98 Å². The van der Waals surface area contributed by atoms with E-state index < -0.39 is 0 Å². The Morgan fingerprint density at radius 2 is 1.82 bits per heavy atom. The lowest BCUT2D eigenvalue weighted by Gasteiger charge is -2.23. The van der Waals surface area contributed by atoms with Gasteiger partial charge in [0.15, 0.2) is 0 Å². The second-order valence-electron chi connectivity index (χ2n) is 4.02. The number of aromatic nitrogens is 1. The Bertz CT molecular complexity index is 491. The first-order chi connectivity index (χ1) is 8.20. The molecule has 0 atom stereocenters. The molecule has 0 saturated carbocycles. The van der Waals surface area contributed by atoms with Gasteiger partial charge in [-0.25, -0.2) is 4.98 Å². The number of anilines is 3. The van der Waals surface area contributed by atoms with Gasteiger partial charge in [0.25, 0.3) is 0 Å². The first kappa shape index (κ1) is 11.5. The van der Waals surface area contributed by atoms with Gasteiger partial charge in [0.1, 0.15) is 5.82 Å². The molecule has 0 bridgehead atoms. The number of nitrogens with two attached hydrogens (primary N) is 1. The Balaban J connectivity index is 2.36. The molecule has 0 radical (unpaired) electrons. The molecule has 3 heteroatoms. The quantitative estimate of drug-likeness (QED) is 0.876. The van der Waals surface area contributed by atoms with E-state index in [-0.39, 0.29) is 0 Å². The summed E-state index contributed by atoms with van der Waals surface area (Å²) in [5, 5.41) is 0. The molecule has 0 amide bonds. The Hall–Kier alpha value is -2.03. The summed E-state index contributed by atoms with van der Waals surface area (Å²) < 4.78 is 0. The van der Waals surface area contributed by atoms with Crippen LogP contribution >= 0.6 is 0 Å². The van der Waals surface area contributed by atoms with Gasteiger partial charge in [-0.3, -0.25) is 0 Å². The van der Waals surface area contributed by atoms with Crippen molar-refractivity contribution in [3.8, 4) is 0 Å². The van der Waals surface area contributed by atoms with Gasteiger partial charge in [-0.05, 0) is 32.0 Å². The highest BCUT2D eigenvalue weighted by atomic mass is 15.1. The first-order valence-electron chi connectivity index (χ1n) is 5.76. The van der Waals surface area contributed by atoms with Crippen LogP contribution in [0.5, 0.6) is 0 Å². The van der Waals surface area contributed by atoms with Crippen LogP contribution in [0.2, 0.25) is 0 Å². The van der Waals surface area contributed by atoms with E-state index in [1.165, 1.54) is 11.3 Å². The molecular formula is C14H17N3. The van der Waals surface area contributed by atoms with E-state index >= 15 is 0 Å². The molecule has 0 aliphatic rings. The van der Waals surface area contributed by atoms with Crippen LogP contribution in [0.15, 0.2) is 42.6 Å². The van der Waals surface area contributed by atoms with E-state index in [2.05, 4.69) is 48.0 Å². The molecule has 0 unspecified atom stereocenters. The van der Waals surface area contributed by atoms with Crippen molar-refractivity contribution in [2.24, 2.45) is 0 Å². The zero-order valence-electron chi connectivity index (χ0n) is 10.2. The molecule has 1 aromatic carbocycles. The predicted octanol–water partition coefficient (Wildman–Crippen LogP) is 3.13. The molecule has 0 saturated heterocycles. The van der Waals surface area contributed by atoms with Crippen molar-refractivity contribution in [3.05, 3.63) is 48.2 Å². The largest absolute Gasteiger partial charge is 0.384 e. The zero-order chi connectivity index (χ0) is 12.3.